The highest BCUT2D eigenvalue weighted by Gasteiger charge is 2.39. The van der Waals surface area contributed by atoms with Gasteiger partial charge in [-0.1, -0.05) is 11.3 Å². The largest absolute Gasteiger partial charge is 0.479 e. The molecule has 0 atom stereocenters. The van der Waals surface area contributed by atoms with Crippen LogP contribution >= 0.6 is 11.3 Å². The highest BCUT2D eigenvalue weighted by atomic mass is 32.1. The van der Waals surface area contributed by atoms with Gasteiger partial charge in [0.25, 0.3) is 0 Å². The van der Waals surface area contributed by atoms with E-state index in [2.05, 4.69) is 25.8 Å². The van der Waals surface area contributed by atoms with E-state index in [0.29, 0.717) is 16.5 Å². The van der Waals surface area contributed by atoms with Crippen LogP contribution in [-0.4, -0.2) is 46.6 Å². The molecule has 3 heterocycles. The van der Waals surface area contributed by atoms with Crippen molar-refractivity contribution in [3.63, 3.8) is 0 Å². The second-order valence-electron chi connectivity index (χ2n) is 6.36. The van der Waals surface area contributed by atoms with Crippen LogP contribution in [0.25, 0.3) is 10.3 Å². The summed E-state index contributed by atoms with van der Waals surface area (Å²) in [6.07, 6.45) is 7.54. The number of nitrogens with one attached hydrogen (secondary N) is 2. The predicted molar refractivity (Wildman–Crippen MR) is 91.0 cm³/mol. The molecule has 0 bridgehead atoms. The number of nitrogens with zero attached hydrogens (tertiary/aromatic N) is 4. The lowest BCUT2D eigenvalue weighted by Crippen LogP contribution is -2.50. The molecule has 1 amide bonds. The van der Waals surface area contributed by atoms with E-state index in [0.717, 1.165) is 49.9 Å². The molecule has 0 unspecified atom stereocenters. The zero-order valence-electron chi connectivity index (χ0n) is 13.5. The second kappa shape index (κ2) is 6.23. The number of hydrogen-bond acceptors (Lipinski definition) is 8. The van der Waals surface area contributed by atoms with E-state index in [1.165, 1.54) is 17.7 Å². The van der Waals surface area contributed by atoms with Gasteiger partial charge in [0, 0.05) is 18.1 Å². The average molecular weight is 348 g/mol. The van der Waals surface area contributed by atoms with Crippen molar-refractivity contribution in [3.05, 3.63) is 6.33 Å². The maximum atomic E-state index is 11.7. The van der Waals surface area contributed by atoms with Gasteiger partial charge in [0.15, 0.2) is 15.5 Å². The Morgan fingerprint density at radius 2 is 2.21 bits per heavy atom. The molecule has 2 fully saturated rings. The van der Waals surface area contributed by atoms with Gasteiger partial charge in [0.2, 0.25) is 12.3 Å². The Morgan fingerprint density at radius 3 is 2.88 bits per heavy atom. The van der Waals surface area contributed by atoms with Crippen LogP contribution in [0.3, 0.4) is 0 Å². The highest BCUT2D eigenvalue weighted by molar-refractivity contribution is 7.22. The van der Waals surface area contributed by atoms with E-state index >= 15 is 0 Å². The Morgan fingerprint density at radius 1 is 1.38 bits per heavy atom. The highest BCUT2D eigenvalue weighted by Crippen LogP contribution is 2.38. The predicted octanol–water partition coefficient (Wildman–Crippen LogP) is 1.24. The molecule has 1 saturated heterocycles. The molecular weight excluding hydrogens is 328 g/mol. The van der Waals surface area contributed by atoms with Crippen molar-refractivity contribution in [2.45, 2.75) is 43.7 Å². The fraction of sp³-hybridized carbons (Fsp3) is 0.600. The fourth-order valence-electron chi connectivity index (χ4n) is 3.69. The van der Waals surface area contributed by atoms with E-state index in [9.17, 15) is 4.79 Å². The van der Waals surface area contributed by atoms with Gasteiger partial charge in [-0.05, 0) is 32.1 Å². The summed E-state index contributed by atoms with van der Waals surface area (Å²) in [6, 6.07) is 0.176. The van der Waals surface area contributed by atoms with Gasteiger partial charge in [0.1, 0.15) is 6.33 Å². The lowest BCUT2D eigenvalue weighted by molar-refractivity contribution is -0.108. The number of anilines is 1. The molecule has 0 radical (unpaired) electrons. The quantitative estimate of drug-likeness (QED) is 0.803. The first-order chi connectivity index (χ1) is 11.7. The molecule has 1 spiro atoms. The van der Waals surface area contributed by atoms with E-state index in [1.54, 1.807) is 12.0 Å². The number of carbonyl (C=O) groups is 1. The lowest BCUT2D eigenvalue weighted by atomic mass is 9.78. The molecule has 2 aromatic rings. The van der Waals surface area contributed by atoms with Crippen molar-refractivity contribution in [2.24, 2.45) is 0 Å². The maximum absolute atomic E-state index is 11.7. The third-order valence-corrected chi connectivity index (χ3v) is 6.04. The Kier molecular flexibility index (Phi) is 4.07. The number of ether oxygens (including phenoxy) is 1. The minimum Gasteiger partial charge on any atom is -0.479 e. The van der Waals surface area contributed by atoms with Gasteiger partial charge in [-0.3, -0.25) is 20.5 Å². The average Bonchev–Trinajstić information content (AvgIpc) is 3.24. The Hall–Kier alpha value is -1.84. The standard InChI is InChI=1S/C15H20N6O2S/c1-23-12-11-13(17-8-16-12)24-14(19-11)21(9-22)10-2-4-15(5-3-10)6-7-18-20-15/h8-10,18,20H,2-7H2,1H3. The number of thiazole rings is 1. The van der Waals surface area contributed by atoms with Gasteiger partial charge >= 0.3 is 0 Å². The fourth-order valence-corrected chi connectivity index (χ4v) is 4.63. The smallest absolute Gasteiger partial charge is 0.244 e. The molecule has 2 aromatic heterocycles. The van der Waals surface area contributed by atoms with Crippen LogP contribution in [0.15, 0.2) is 6.33 Å². The molecule has 2 N–H and O–H groups in total. The van der Waals surface area contributed by atoms with Crippen molar-refractivity contribution in [2.75, 3.05) is 18.6 Å². The summed E-state index contributed by atoms with van der Waals surface area (Å²) < 4.78 is 5.23. The van der Waals surface area contributed by atoms with Gasteiger partial charge in [-0.25, -0.2) is 9.97 Å². The summed E-state index contributed by atoms with van der Waals surface area (Å²) >= 11 is 1.40. The van der Waals surface area contributed by atoms with E-state index in [4.69, 9.17) is 4.74 Å². The molecule has 1 aliphatic heterocycles. The summed E-state index contributed by atoms with van der Waals surface area (Å²) in [5, 5.41) is 0.664. The first kappa shape index (κ1) is 15.7. The number of hydrogen-bond donors (Lipinski definition) is 2. The topological polar surface area (TPSA) is 92.3 Å². The van der Waals surface area contributed by atoms with Crippen molar-refractivity contribution in [1.29, 1.82) is 0 Å². The lowest BCUT2D eigenvalue weighted by Gasteiger charge is -2.39. The summed E-state index contributed by atoms with van der Waals surface area (Å²) in [4.78, 5) is 27.1. The van der Waals surface area contributed by atoms with Gasteiger partial charge < -0.3 is 4.74 Å². The van der Waals surface area contributed by atoms with E-state index in [-0.39, 0.29) is 11.6 Å². The van der Waals surface area contributed by atoms with Crippen LogP contribution in [0.1, 0.15) is 32.1 Å². The molecule has 2 aliphatic rings. The van der Waals surface area contributed by atoms with Crippen LogP contribution in [0.2, 0.25) is 0 Å². The number of carbonyl (C=O) groups excluding carboxylic acids is 1. The number of hydrazine groups is 1. The number of aromatic nitrogens is 3. The molecule has 0 aromatic carbocycles. The van der Waals surface area contributed by atoms with Gasteiger partial charge in [0.05, 0.1) is 7.11 Å². The Bertz CT molecular complexity index is 735. The normalized spacial score (nSPS) is 26.8. The first-order valence-corrected chi connectivity index (χ1v) is 8.95. The number of rotatable bonds is 4. The first-order valence-electron chi connectivity index (χ1n) is 8.14. The van der Waals surface area contributed by atoms with E-state index in [1.807, 2.05) is 0 Å². The molecule has 4 rings (SSSR count). The molecule has 9 heteroatoms. The van der Waals surface area contributed by atoms with Crippen LogP contribution in [0, 0.1) is 0 Å². The number of fused-ring (bicyclic) bond motifs is 1. The summed E-state index contributed by atoms with van der Waals surface area (Å²) in [7, 11) is 1.56. The third kappa shape index (κ3) is 2.62. The van der Waals surface area contributed by atoms with Crippen molar-refractivity contribution in [1.82, 2.24) is 25.8 Å². The molecule has 24 heavy (non-hydrogen) atoms. The summed E-state index contributed by atoms with van der Waals surface area (Å²) in [6.45, 7) is 1.01. The minimum absolute atomic E-state index is 0.176. The van der Waals surface area contributed by atoms with Crippen LogP contribution in [-0.2, 0) is 4.79 Å². The SMILES string of the molecule is COc1ncnc2sc(N(C=O)C3CCC4(CCNN4)CC3)nc12. The molecule has 1 aliphatic carbocycles. The van der Waals surface area contributed by atoms with Crippen molar-refractivity contribution in [3.8, 4) is 5.88 Å². The minimum atomic E-state index is 0.176. The van der Waals surface area contributed by atoms with E-state index < -0.39 is 0 Å². The molecule has 128 valence electrons. The summed E-state index contributed by atoms with van der Waals surface area (Å²) in [5.41, 5.74) is 7.47. The second-order valence-corrected chi connectivity index (χ2v) is 7.32. The number of amides is 1. The zero-order chi connectivity index (χ0) is 16.6. The van der Waals surface area contributed by atoms with Crippen LogP contribution in [0.4, 0.5) is 5.13 Å². The maximum Gasteiger partial charge on any atom is 0.244 e. The Balaban J connectivity index is 1.57. The summed E-state index contributed by atoms with van der Waals surface area (Å²) in [5.74, 6) is 0.442. The molecule has 1 saturated carbocycles. The van der Waals surface area contributed by atoms with Crippen LogP contribution < -0.4 is 20.5 Å². The zero-order valence-corrected chi connectivity index (χ0v) is 14.3. The Labute approximate surface area is 143 Å². The van der Waals surface area contributed by atoms with Gasteiger partial charge in [-0.15, -0.1) is 0 Å². The van der Waals surface area contributed by atoms with Crippen molar-refractivity contribution >= 4 is 33.2 Å². The third-order valence-electron chi connectivity index (χ3n) is 5.07. The van der Waals surface area contributed by atoms with Crippen molar-refractivity contribution < 1.29 is 9.53 Å². The molecule has 8 nitrogen and oxygen atoms in total. The van der Waals surface area contributed by atoms with Crippen LogP contribution in [0.5, 0.6) is 5.88 Å². The van der Waals surface area contributed by atoms with Gasteiger partial charge in [-0.2, -0.15) is 4.98 Å². The number of methoxy groups -OCH3 is 1. The molecular formula is C15H20N6O2S. The monoisotopic (exact) mass is 348 g/mol.